The molecule has 1 saturated carbocycles. The lowest BCUT2D eigenvalue weighted by Crippen LogP contribution is -2.41. The molecule has 0 unspecified atom stereocenters. The maximum absolute atomic E-state index is 13.8. The van der Waals surface area contributed by atoms with Gasteiger partial charge in [-0.05, 0) is 44.1 Å². The van der Waals surface area contributed by atoms with Crippen molar-refractivity contribution in [1.82, 2.24) is 10.3 Å². The van der Waals surface area contributed by atoms with E-state index in [0.717, 1.165) is 50.0 Å². The first-order valence-electron chi connectivity index (χ1n) is 8.88. The summed E-state index contributed by atoms with van der Waals surface area (Å²) in [6.45, 7) is 1.59. The molecule has 2 aromatic rings. The van der Waals surface area contributed by atoms with Crippen molar-refractivity contribution < 1.29 is 13.6 Å². The molecule has 0 spiro atoms. The lowest BCUT2D eigenvalue weighted by Gasteiger charge is -2.32. The van der Waals surface area contributed by atoms with E-state index in [1.54, 1.807) is 0 Å². The van der Waals surface area contributed by atoms with Gasteiger partial charge in [0.2, 0.25) is 5.91 Å². The predicted octanol–water partition coefficient (Wildman–Crippen LogP) is 3.85. The summed E-state index contributed by atoms with van der Waals surface area (Å²) < 4.78 is 27.7. The van der Waals surface area contributed by atoms with Crippen LogP contribution >= 0.6 is 11.3 Å². The molecule has 1 N–H and O–H groups in total. The quantitative estimate of drug-likeness (QED) is 0.895. The van der Waals surface area contributed by atoms with Crippen molar-refractivity contribution in [2.24, 2.45) is 5.92 Å². The zero-order chi connectivity index (χ0) is 17.4. The van der Waals surface area contributed by atoms with Gasteiger partial charge in [-0.3, -0.25) is 4.79 Å². The number of rotatable bonds is 4. The Bertz CT molecular complexity index is 782. The van der Waals surface area contributed by atoms with Crippen LogP contribution in [0.2, 0.25) is 0 Å². The first-order valence-corrected chi connectivity index (χ1v) is 9.70. The molecule has 0 bridgehead atoms. The Labute approximate surface area is 149 Å². The van der Waals surface area contributed by atoms with Crippen molar-refractivity contribution in [1.29, 1.82) is 0 Å². The predicted molar refractivity (Wildman–Crippen MR) is 94.9 cm³/mol. The van der Waals surface area contributed by atoms with Gasteiger partial charge in [-0.1, -0.05) is 11.3 Å². The van der Waals surface area contributed by atoms with E-state index in [0.29, 0.717) is 23.1 Å². The number of halogens is 2. The minimum Gasteiger partial charge on any atom is -0.353 e. The van der Waals surface area contributed by atoms with E-state index >= 15 is 0 Å². The summed E-state index contributed by atoms with van der Waals surface area (Å²) in [7, 11) is 0. The van der Waals surface area contributed by atoms with Gasteiger partial charge in [-0.2, -0.15) is 0 Å². The fourth-order valence-corrected chi connectivity index (χ4v) is 4.57. The third-order valence-corrected chi connectivity index (χ3v) is 6.29. The van der Waals surface area contributed by atoms with Gasteiger partial charge in [0.05, 0.1) is 4.70 Å². The summed E-state index contributed by atoms with van der Waals surface area (Å²) in [6, 6.07) is 2.60. The highest BCUT2D eigenvalue weighted by Crippen LogP contribution is 2.33. The molecule has 1 aliphatic heterocycles. The largest absolute Gasteiger partial charge is 0.353 e. The molecule has 1 aliphatic carbocycles. The maximum atomic E-state index is 13.8. The zero-order valence-electron chi connectivity index (χ0n) is 13.9. The van der Waals surface area contributed by atoms with Gasteiger partial charge >= 0.3 is 0 Å². The van der Waals surface area contributed by atoms with Gasteiger partial charge in [0.1, 0.15) is 11.3 Å². The Hall–Kier alpha value is -1.76. The smallest absolute Gasteiger partial charge is 0.220 e. The van der Waals surface area contributed by atoms with Gasteiger partial charge in [0.15, 0.2) is 10.9 Å². The second-order valence-electron chi connectivity index (χ2n) is 7.06. The monoisotopic (exact) mass is 365 g/mol. The van der Waals surface area contributed by atoms with E-state index in [9.17, 15) is 13.6 Å². The van der Waals surface area contributed by atoms with Gasteiger partial charge in [0.25, 0.3) is 0 Å². The number of amides is 1. The Kier molecular flexibility index (Phi) is 4.58. The molecule has 25 heavy (non-hydrogen) atoms. The van der Waals surface area contributed by atoms with Crippen molar-refractivity contribution in [3.05, 3.63) is 23.8 Å². The Morgan fingerprint density at radius 1 is 1.24 bits per heavy atom. The van der Waals surface area contributed by atoms with Crippen LogP contribution in [-0.2, 0) is 4.79 Å². The van der Waals surface area contributed by atoms with Gasteiger partial charge in [0, 0.05) is 31.6 Å². The van der Waals surface area contributed by atoms with Crippen LogP contribution in [0, 0.1) is 17.6 Å². The number of hydrogen-bond donors (Lipinski definition) is 1. The second kappa shape index (κ2) is 6.86. The van der Waals surface area contributed by atoms with Crippen LogP contribution in [0.15, 0.2) is 12.1 Å². The van der Waals surface area contributed by atoms with Crippen LogP contribution < -0.4 is 10.2 Å². The summed E-state index contributed by atoms with van der Waals surface area (Å²) in [5.41, 5.74) is 0.239. The second-order valence-corrected chi connectivity index (χ2v) is 8.07. The number of benzene rings is 1. The van der Waals surface area contributed by atoms with Crippen LogP contribution in [0.5, 0.6) is 0 Å². The van der Waals surface area contributed by atoms with Crippen molar-refractivity contribution in [3.8, 4) is 0 Å². The SMILES string of the molecule is O=C(CC1CCN(c2nc3c(F)cc(F)cc3s2)CC1)NC1CCC1. The zero-order valence-corrected chi connectivity index (χ0v) is 14.7. The molecule has 1 aromatic carbocycles. The Balaban J connectivity index is 1.35. The number of hydrogen-bond acceptors (Lipinski definition) is 4. The number of thiazole rings is 1. The van der Waals surface area contributed by atoms with Gasteiger partial charge < -0.3 is 10.2 Å². The molecule has 1 aromatic heterocycles. The van der Waals surface area contributed by atoms with E-state index < -0.39 is 11.6 Å². The van der Waals surface area contributed by atoms with Gasteiger partial charge in [-0.25, -0.2) is 13.8 Å². The molecule has 4 rings (SSSR count). The van der Waals surface area contributed by atoms with E-state index in [4.69, 9.17) is 0 Å². The molecule has 2 aliphatic rings. The Morgan fingerprint density at radius 2 is 2.00 bits per heavy atom. The van der Waals surface area contributed by atoms with Crippen molar-refractivity contribution >= 4 is 32.6 Å². The fourth-order valence-electron chi connectivity index (χ4n) is 3.51. The van der Waals surface area contributed by atoms with Crippen molar-refractivity contribution in [3.63, 3.8) is 0 Å². The normalized spacial score (nSPS) is 19.2. The van der Waals surface area contributed by atoms with E-state index in [1.807, 2.05) is 0 Å². The third-order valence-electron chi connectivity index (χ3n) is 5.23. The van der Waals surface area contributed by atoms with E-state index in [-0.39, 0.29) is 11.4 Å². The van der Waals surface area contributed by atoms with Gasteiger partial charge in [-0.15, -0.1) is 0 Å². The fraction of sp³-hybridized carbons (Fsp3) is 0.556. The standard InChI is InChI=1S/C18H21F2N3OS/c19-12-9-14(20)17-15(10-12)25-18(22-17)23-6-4-11(5-7-23)8-16(24)21-13-2-1-3-13/h9-11,13H,1-8H2,(H,21,24). The molecule has 1 amide bonds. The minimum absolute atomic E-state index is 0.167. The topological polar surface area (TPSA) is 45.2 Å². The number of nitrogens with one attached hydrogen (secondary N) is 1. The number of carbonyl (C=O) groups is 1. The molecule has 2 heterocycles. The number of carbonyl (C=O) groups excluding carboxylic acids is 1. The highest BCUT2D eigenvalue weighted by molar-refractivity contribution is 7.22. The van der Waals surface area contributed by atoms with E-state index in [2.05, 4.69) is 15.2 Å². The van der Waals surface area contributed by atoms with E-state index in [1.165, 1.54) is 23.8 Å². The number of nitrogens with zero attached hydrogens (tertiary/aromatic N) is 2. The van der Waals surface area contributed by atoms with Crippen LogP contribution in [0.4, 0.5) is 13.9 Å². The summed E-state index contributed by atoms with van der Waals surface area (Å²) in [5, 5.41) is 3.83. The molecule has 134 valence electrons. The number of piperidine rings is 1. The van der Waals surface area contributed by atoms with Crippen molar-refractivity contribution in [2.75, 3.05) is 18.0 Å². The molecule has 1 saturated heterocycles. The number of anilines is 1. The summed E-state index contributed by atoms with van der Waals surface area (Å²) in [6.07, 6.45) is 5.87. The van der Waals surface area contributed by atoms with Crippen LogP contribution in [0.25, 0.3) is 10.2 Å². The minimum atomic E-state index is -0.611. The summed E-state index contributed by atoms with van der Waals surface area (Å²) >= 11 is 1.32. The molecule has 4 nitrogen and oxygen atoms in total. The Morgan fingerprint density at radius 3 is 2.68 bits per heavy atom. The average molecular weight is 365 g/mol. The molecular formula is C18H21F2N3OS. The number of fused-ring (bicyclic) bond motifs is 1. The number of aromatic nitrogens is 1. The average Bonchev–Trinajstić information content (AvgIpc) is 2.96. The van der Waals surface area contributed by atoms with Crippen LogP contribution in [-0.4, -0.2) is 30.0 Å². The molecule has 0 radical (unpaired) electrons. The summed E-state index contributed by atoms with van der Waals surface area (Å²) in [4.78, 5) is 18.5. The highest BCUT2D eigenvalue weighted by Gasteiger charge is 2.26. The lowest BCUT2D eigenvalue weighted by atomic mass is 9.91. The van der Waals surface area contributed by atoms with Crippen molar-refractivity contribution in [2.45, 2.75) is 44.6 Å². The lowest BCUT2D eigenvalue weighted by molar-refractivity contribution is -0.123. The first-order chi connectivity index (χ1) is 12.1. The highest BCUT2D eigenvalue weighted by atomic mass is 32.1. The van der Waals surface area contributed by atoms with Crippen LogP contribution in [0.1, 0.15) is 38.5 Å². The van der Waals surface area contributed by atoms with Crippen LogP contribution in [0.3, 0.4) is 0 Å². The molecule has 0 atom stereocenters. The summed E-state index contributed by atoms with van der Waals surface area (Å²) in [5.74, 6) is -0.628. The maximum Gasteiger partial charge on any atom is 0.220 e. The first kappa shape index (κ1) is 16.7. The molecular weight excluding hydrogens is 344 g/mol. The third kappa shape index (κ3) is 3.61. The molecule has 7 heteroatoms. The molecule has 2 fully saturated rings.